The number of hydrogen-bond acceptors (Lipinski definition) is 3. The monoisotopic (exact) mass is 303 g/mol. The van der Waals surface area contributed by atoms with Gasteiger partial charge in [-0.1, -0.05) is 0 Å². The number of halogens is 1. The van der Waals surface area contributed by atoms with Gasteiger partial charge in [0.05, 0.1) is 5.52 Å². The van der Waals surface area contributed by atoms with E-state index in [1.54, 1.807) is 28.8 Å². The van der Waals surface area contributed by atoms with Crippen molar-refractivity contribution < 1.29 is 9.18 Å². The second kappa shape index (κ2) is 5.53. The van der Waals surface area contributed by atoms with Crippen molar-refractivity contribution in [3.8, 4) is 0 Å². The molecule has 3 rings (SSSR count). The molecule has 1 aliphatic rings. The summed E-state index contributed by atoms with van der Waals surface area (Å²) in [7, 11) is 3.75. The van der Waals surface area contributed by atoms with Crippen molar-refractivity contribution in [2.45, 2.75) is 0 Å². The van der Waals surface area contributed by atoms with E-state index in [2.05, 4.69) is 4.90 Å². The Hall–Kier alpha value is -2.21. The highest BCUT2D eigenvalue weighted by atomic mass is 19.1. The molecule has 1 aromatic heterocycles. The summed E-state index contributed by atoms with van der Waals surface area (Å²) in [6, 6.07) is 4.05. The van der Waals surface area contributed by atoms with Gasteiger partial charge < -0.3 is 14.4 Å². The minimum atomic E-state index is -0.478. The fourth-order valence-electron chi connectivity index (χ4n) is 2.80. The van der Waals surface area contributed by atoms with Gasteiger partial charge in [0.15, 0.2) is 0 Å². The third kappa shape index (κ3) is 2.50. The van der Waals surface area contributed by atoms with Crippen molar-refractivity contribution in [1.29, 1.82) is 0 Å². The first-order valence-corrected chi connectivity index (χ1v) is 7.24. The van der Waals surface area contributed by atoms with E-state index in [-0.39, 0.29) is 16.9 Å². The molecule has 1 aromatic carbocycles. The molecule has 0 spiro atoms. The summed E-state index contributed by atoms with van der Waals surface area (Å²) in [4.78, 5) is 29.0. The molecule has 0 radical (unpaired) electrons. The van der Waals surface area contributed by atoms with E-state index in [0.29, 0.717) is 18.6 Å². The Morgan fingerprint density at radius 3 is 2.50 bits per heavy atom. The predicted octanol–water partition coefficient (Wildman–Crippen LogP) is 1.07. The molecule has 22 heavy (non-hydrogen) atoms. The number of aryl methyl sites for hydroxylation is 1. The number of carbonyl (C=O) groups is 1. The van der Waals surface area contributed by atoms with Crippen LogP contribution < -0.4 is 5.43 Å². The maximum Gasteiger partial charge on any atom is 0.259 e. The number of carbonyl (C=O) groups excluding carboxylic acids is 1. The van der Waals surface area contributed by atoms with Gasteiger partial charge in [-0.15, -0.1) is 0 Å². The SMILES string of the molecule is CN1CCN(C(=O)c2cn(C)c3ccc(F)cc3c2=O)CC1. The summed E-state index contributed by atoms with van der Waals surface area (Å²) in [6.45, 7) is 2.77. The summed E-state index contributed by atoms with van der Waals surface area (Å²) in [5.74, 6) is -0.756. The third-order valence-electron chi connectivity index (χ3n) is 4.17. The van der Waals surface area contributed by atoms with Gasteiger partial charge in [0, 0.05) is 44.8 Å². The summed E-state index contributed by atoms with van der Waals surface area (Å²) in [5, 5.41) is 0.238. The van der Waals surface area contributed by atoms with Gasteiger partial charge in [0.2, 0.25) is 5.43 Å². The molecule has 0 atom stereocenters. The van der Waals surface area contributed by atoms with Crippen molar-refractivity contribution >= 4 is 16.8 Å². The highest BCUT2D eigenvalue weighted by molar-refractivity contribution is 5.97. The lowest BCUT2D eigenvalue weighted by molar-refractivity contribution is 0.0662. The van der Waals surface area contributed by atoms with Crippen molar-refractivity contribution in [2.24, 2.45) is 7.05 Å². The molecule has 116 valence electrons. The lowest BCUT2D eigenvalue weighted by atomic mass is 10.1. The largest absolute Gasteiger partial charge is 0.350 e. The molecule has 0 N–H and O–H groups in total. The number of aromatic nitrogens is 1. The number of pyridine rings is 1. The number of amides is 1. The molecule has 1 amide bonds. The molecule has 0 bridgehead atoms. The smallest absolute Gasteiger partial charge is 0.259 e. The fourth-order valence-corrected chi connectivity index (χ4v) is 2.80. The molecule has 6 heteroatoms. The van der Waals surface area contributed by atoms with Crippen LogP contribution in [0.25, 0.3) is 10.9 Å². The normalized spacial score (nSPS) is 16.2. The maximum atomic E-state index is 13.4. The lowest BCUT2D eigenvalue weighted by Gasteiger charge is -2.32. The van der Waals surface area contributed by atoms with E-state index in [9.17, 15) is 14.0 Å². The number of hydrogen-bond donors (Lipinski definition) is 0. The van der Waals surface area contributed by atoms with E-state index in [4.69, 9.17) is 0 Å². The first-order valence-electron chi connectivity index (χ1n) is 7.24. The third-order valence-corrected chi connectivity index (χ3v) is 4.17. The number of rotatable bonds is 1. The fraction of sp³-hybridized carbons (Fsp3) is 0.375. The lowest BCUT2D eigenvalue weighted by Crippen LogP contribution is -2.48. The summed E-state index contributed by atoms with van der Waals surface area (Å²) in [6.07, 6.45) is 1.54. The van der Waals surface area contributed by atoms with Crippen molar-refractivity contribution in [3.05, 3.63) is 46.0 Å². The van der Waals surface area contributed by atoms with Gasteiger partial charge in [0.25, 0.3) is 5.91 Å². The Labute approximate surface area is 127 Å². The van der Waals surface area contributed by atoms with E-state index < -0.39 is 11.2 Å². The predicted molar refractivity (Wildman–Crippen MR) is 82.5 cm³/mol. The standard InChI is InChI=1S/C16H18FN3O2/c1-18-5-7-20(8-6-18)16(22)13-10-19(2)14-4-3-11(17)9-12(14)15(13)21/h3-4,9-10H,5-8H2,1-2H3. The molecular weight excluding hydrogens is 285 g/mol. The molecule has 1 fully saturated rings. The van der Waals surface area contributed by atoms with Crippen LogP contribution in [0.15, 0.2) is 29.2 Å². The molecule has 1 saturated heterocycles. The van der Waals surface area contributed by atoms with Crippen LogP contribution in [0.1, 0.15) is 10.4 Å². The van der Waals surface area contributed by atoms with Gasteiger partial charge in [-0.25, -0.2) is 4.39 Å². The number of likely N-dealkylation sites (N-methyl/N-ethyl adjacent to an activating group) is 1. The molecule has 5 nitrogen and oxygen atoms in total. The van der Waals surface area contributed by atoms with E-state index in [1.807, 2.05) is 7.05 Å². The zero-order valence-corrected chi connectivity index (χ0v) is 12.7. The molecule has 0 saturated carbocycles. The molecule has 0 aliphatic carbocycles. The molecule has 2 aromatic rings. The second-order valence-electron chi connectivity index (χ2n) is 5.74. The number of benzene rings is 1. The average Bonchev–Trinajstić information content (AvgIpc) is 2.51. The van der Waals surface area contributed by atoms with Crippen LogP contribution in [0.2, 0.25) is 0 Å². The van der Waals surface area contributed by atoms with Gasteiger partial charge >= 0.3 is 0 Å². The quantitative estimate of drug-likeness (QED) is 0.791. The summed E-state index contributed by atoms with van der Waals surface area (Å²) >= 11 is 0. The molecule has 0 unspecified atom stereocenters. The van der Waals surface area contributed by atoms with Gasteiger partial charge in [-0.05, 0) is 25.2 Å². The maximum absolute atomic E-state index is 13.4. The first-order chi connectivity index (χ1) is 10.5. The van der Waals surface area contributed by atoms with Crippen molar-refractivity contribution in [3.63, 3.8) is 0 Å². The van der Waals surface area contributed by atoms with Crippen molar-refractivity contribution in [2.75, 3.05) is 33.2 Å². The highest BCUT2D eigenvalue weighted by Gasteiger charge is 2.23. The Morgan fingerprint density at radius 2 is 1.82 bits per heavy atom. The van der Waals surface area contributed by atoms with E-state index in [1.165, 1.54) is 12.1 Å². The first kappa shape index (κ1) is 14.7. The van der Waals surface area contributed by atoms with E-state index >= 15 is 0 Å². The van der Waals surface area contributed by atoms with Crippen molar-refractivity contribution in [1.82, 2.24) is 14.4 Å². The molecule has 1 aliphatic heterocycles. The number of piperazine rings is 1. The van der Waals surface area contributed by atoms with Crippen LogP contribution in [-0.2, 0) is 7.05 Å². The Kier molecular flexibility index (Phi) is 3.70. The van der Waals surface area contributed by atoms with Crippen LogP contribution in [-0.4, -0.2) is 53.5 Å². The van der Waals surface area contributed by atoms with Crippen LogP contribution >= 0.6 is 0 Å². The zero-order chi connectivity index (χ0) is 15.9. The van der Waals surface area contributed by atoms with Crippen LogP contribution in [0.4, 0.5) is 4.39 Å². The molecular formula is C16H18FN3O2. The highest BCUT2D eigenvalue weighted by Crippen LogP contribution is 2.14. The minimum Gasteiger partial charge on any atom is -0.350 e. The Bertz CT molecular complexity index is 792. The number of fused-ring (bicyclic) bond motifs is 1. The zero-order valence-electron chi connectivity index (χ0n) is 12.7. The average molecular weight is 303 g/mol. The molecule has 2 heterocycles. The second-order valence-corrected chi connectivity index (χ2v) is 5.74. The number of nitrogens with zero attached hydrogens (tertiary/aromatic N) is 3. The summed E-state index contributed by atoms with van der Waals surface area (Å²) < 4.78 is 15.1. The Morgan fingerprint density at radius 1 is 1.14 bits per heavy atom. The van der Waals surface area contributed by atoms with Crippen LogP contribution in [0.3, 0.4) is 0 Å². The van der Waals surface area contributed by atoms with Gasteiger partial charge in [-0.3, -0.25) is 9.59 Å². The van der Waals surface area contributed by atoms with Crippen LogP contribution in [0.5, 0.6) is 0 Å². The van der Waals surface area contributed by atoms with Gasteiger partial charge in [0.1, 0.15) is 11.4 Å². The summed E-state index contributed by atoms with van der Waals surface area (Å²) in [5.41, 5.74) is 0.308. The van der Waals surface area contributed by atoms with E-state index in [0.717, 1.165) is 13.1 Å². The van der Waals surface area contributed by atoms with Crippen LogP contribution in [0, 0.1) is 5.82 Å². The topological polar surface area (TPSA) is 45.5 Å². The Balaban J connectivity index is 2.05. The van der Waals surface area contributed by atoms with Gasteiger partial charge in [-0.2, -0.15) is 0 Å². The minimum absolute atomic E-state index is 0.102.